The van der Waals surface area contributed by atoms with Crippen LogP contribution >= 0.6 is 0 Å². The number of benzene rings is 1. The summed E-state index contributed by atoms with van der Waals surface area (Å²) in [5.41, 5.74) is 2.25. The summed E-state index contributed by atoms with van der Waals surface area (Å²) in [6.07, 6.45) is 5.16. The van der Waals surface area contributed by atoms with Crippen LogP contribution < -0.4 is 10.6 Å². The van der Waals surface area contributed by atoms with E-state index in [0.29, 0.717) is 6.04 Å². The number of rotatable bonds is 6. The molecule has 0 radical (unpaired) electrons. The van der Waals surface area contributed by atoms with Gasteiger partial charge in [0.15, 0.2) is 11.6 Å². The molecule has 2 N–H and O–H groups in total. The minimum Gasteiger partial charge on any atom is -0.356 e. The van der Waals surface area contributed by atoms with E-state index in [9.17, 15) is 0 Å². The lowest BCUT2D eigenvalue weighted by Gasteiger charge is -2.34. The van der Waals surface area contributed by atoms with Crippen LogP contribution in [0.25, 0.3) is 5.65 Å². The molecule has 1 atom stereocenters. The van der Waals surface area contributed by atoms with Crippen molar-refractivity contribution in [3.05, 3.63) is 66.1 Å². The van der Waals surface area contributed by atoms with Crippen LogP contribution in [0.2, 0.25) is 0 Å². The van der Waals surface area contributed by atoms with Gasteiger partial charge < -0.3 is 10.6 Å². The molecule has 0 amide bonds. The van der Waals surface area contributed by atoms with Crippen LogP contribution in [0.3, 0.4) is 0 Å². The number of hydrogen-bond donors (Lipinski definition) is 2. The number of hydrogen-bond acceptors (Lipinski definition) is 4. The molecule has 0 aliphatic carbocycles. The Morgan fingerprint density at radius 3 is 2.86 bits per heavy atom. The monoisotopic (exact) mass is 391 g/mol. The van der Waals surface area contributed by atoms with Crippen molar-refractivity contribution in [3.8, 4) is 0 Å². The van der Waals surface area contributed by atoms with Gasteiger partial charge in [0.2, 0.25) is 0 Å². The maximum Gasteiger partial charge on any atom is 0.191 e. The van der Waals surface area contributed by atoms with Crippen molar-refractivity contribution in [2.24, 2.45) is 4.99 Å². The van der Waals surface area contributed by atoms with Gasteiger partial charge in [0.25, 0.3) is 0 Å². The molecule has 0 saturated carbocycles. The van der Waals surface area contributed by atoms with E-state index >= 15 is 0 Å². The van der Waals surface area contributed by atoms with Gasteiger partial charge in [-0.25, -0.2) is 0 Å². The number of aromatic nitrogens is 3. The molecule has 0 spiro atoms. The summed E-state index contributed by atoms with van der Waals surface area (Å²) in [5.74, 6) is 1.81. The predicted molar refractivity (Wildman–Crippen MR) is 116 cm³/mol. The summed E-state index contributed by atoms with van der Waals surface area (Å²) >= 11 is 0. The molecule has 1 fully saturated rings. The molecule has 1 unspecified atom stereocenters. The first-order chi connectivity index (χ1) is 14.3. The van der Waals surface area contributed by atoms with E-state index in [1.54, 1.807) is 0 Å². The number of fused-ring (bicyclic) bond motifs is 1. The predicted octanol–water partition coefficient (Wildman–Crippen LogP) is 2.10. The lowest BCUT2D eigenvalue weighted by atomic mass is 10.0. The minimum atomic E-state index is 0.410. The summed E-state index contributed by atoms with van der Waals surface area (Å²) < 4.78 is 2.03. The van der Waals surface area contributed by atoms with E-state index in [1.165, 1.54) is 18.4 Å². The van der Waals surface area contributed by atoms with Crippen LogP contribution in [0, 0.1) is 0 Å². The number of likely N-dealkylation sites (tertiary alicyclic amines) is 1. The first-order valence-corrected chi connectivity index (χ1v) is 10.3. The highest BCUT2D eigenvalue weighted by molar-refractivity contribution is 5.80. The topological polar surface area (TPSA) is 69.8 Å². The Morgan fingerprint density at radius 1 is 1.14 bits per heavy atom. The third-order valence-electron chi connectivity index (χ3n) is 5.34. The van der Waals surface area contributed by atoms with Gasteiger partial charge in [-0.2, -0.15) is 0 Å². The van der Waals surface area contributed by atoms with Crippen molar-refractivity contribution < 1.29 is 0 Å². The number of guanidine groups is 1. The third kappa shape index (κ3) is 5.12. The summed E-state index contributed by atoms with van der Waals surface area (Å²) in [6, 6.07) is 17.0. The van der Waals surface area contributed by atoms with Gasteiger partial charge >= 0.3 is 0 Å². The van der Waals surface area contributed by atoms with E-state index in [4.69, 9.17) is 0 Å². The smallest absolute Gasteiger partial charge is 0.191 e. The van der Waals surface area contributed by atoms with Gasteiger partial charge in [-0.15, -0.1) is 10.2 Å². The van der Waals surface area contributed by atoms with Crippen LogP contribution in [-0.4, -0.2) is 58.2 Å². The fraction of sp³-hybridized carbons (Fsp3) is 0.409. The average molecular weight is 392 g/mol. The third-order valence-corrected chi connectivity index (χ3v) is 5.34. The van der Waals surface area contributed by atoms with Gasteiger partial charge in [-0.05, 0) is 37.1 Å². The first kappa shape index (κ1) is 19.4. The van der Waals surface area contributed by atoms with Gasteiger partial charge in [-0.3, -0.25) is 14.3 Å². The van der Waals surface area contributed by atoms with Crippen LogP contribution in [0.1, 0.15) is 24.2 Å². The van der Waals surface area contributed by atoms with Crippen molar-refractivity contribution in [2.75, 3.05) is 26.7 Å². The van der Waals surface area contributed by atoms with Gasteiger partial charge in [-0.1, -0.05) is 36.4 Å². The van der Waals surface area contributed by atoms with Crippen molar-refractivity contribution in [1.29, 1.82) is 0 Å². The van der Waals surface area contributed by atoms with E-state index in [0.717, 1.165) is 50.0 Å². The van der Waals surface area contributed by atoms with Gasteiger partial charge in [0, 0.05) is 45.3 Å². The molecule has 29 heavy (non-hydrogen) atoms. The number of nitrogens with zero attached hydrogens (tertiary/aromatic N) is 5. The molecule has 3 aromatic rings. The van der Waals surface area contributed by atoms with Crippen molar-refractivity contribution in [3.63, 3.8) is 0 Å². The standard InChI is InChI=1S/C22H29N7/c1-23-22(24-13-12-21-27-26-20-11-5-6-15-29(20)21)25-19-10-7-14-28(17-19)16-18-8-3-2-4-9-18/h2-6,8-9,11,15,19H,7,10,12-14,16-17H2,1H3,(H2,23,24,25). The zero-order valence-corrected chi connectivity index (χ0v) is 17.0. The molecule has 7 heteroatoms. The second-order valence-electron chi connectivity index (χ2n) is 7.50. The van der Waals surface area contributed by atoms with Crippen LogP contribution in [0.5, 0.6) is 0 Å². The number of aliphatic imine (C=N–C) groups is 1. The minimum absolute atomic E-state index is 0.410. The maximum atomic E-state index is 4.41. The summed E-state index contributed by atoms with van der Waals surface area (Å²) in [5, 5.41) is 15.5. The molecule has 152 valence electrons. The zero-order valence-electron chi connectivity index (χ0n) is 17.0. The highest BCUT2D eigenvalue weighted by Gasteiger charge is 2.20. The number of nitrogens with one attached hydrogen (secondary N) is 2. The second-order valence-corrected chi connectivity index (χ2v) is 7.50. The molecule has 0 bridgehead atoms. The lowest BCUT2D eigenvalue weighted by Crippen LogP contribution is -2.51. The van der Waals surface area contributed by atoms with Crippen LogP contribution in [0.15, 0.2) is 59.7 Å². The molecule has 2 aromatic heterocycles. The SMILES string of the molecule is CN=C(NCCc1nnc2ccccn12)NC1CCCN(Cc2ccccc2)C1. The fourth-order valence-electron chi connectivity index (χ4n) is 3.90. The van der Waals surface area contributed by atoms with Gasteiger partial charge in [0.1, 0.15) is 5.82 Å². The highest BCUT2D eigenvalue weighted by Crippen LogP contribution is 2.13. The second kappa shape index (κ2) is 9.52. The Morgan fingerprint density at radius 2 is 2.00 bits per heavy atom. The summed E-state index contributed by atoms with van der Waals surface area (Å²) in [6.45, 7) is 3.95. The van der Waals surface area contributed by atoms with Crippen LogP contribution in [0.4, 0.5) is 0 Å². The highest BCUT2D eigenvalue weighted by atomic mass is 15.3. The quantitative estimate of drug-likeness (QED) is 0.497. The van der Waals surface area contributed by atoms with E-state index in [1.807, 2.05) is 35.8 Å². The molecule has 4 rings (SSSR count). The largest absolute Gasteiger partial charge is 0.356 e. The number of piperidine rings is 1. The Bertz CT molecular complexity index is 934. The van der Waals surface area contributed by atoms with E-state index < -0.39 is 0 Å². The zero-order chi connectivity index (χ0) is 19.9. The van der Waals surface area contributed by atoms with Crippen molar-refractivity contribution >= 4 is 11.6 Å². The average Bonchev–Trinajstić information content (AvgIpc) is 3.17. The molecular formula is C22H29N7. The molecule has 1 aliphatic heterocycles. The lowest BCUT2D eigenvalue weighted by molar-refractivity contribution is 0.192. The van der Waals surface area contributed by atoms with E-state index in [2.05, 4.69) is 61.1 Å². The molecule has 1 aromatic carbocycles. The maximum absolute atomic E-state index is 4.41. The molecule has 1 saturated heterocycles. The first-order valence-electron chi connectivity index (χ1n) is 10.3. The summed E-state index contributed by atoms with van der Waals surface area (Å²) in [4.78, 5) is 6.93. The van der Waals surface area contributed by atoms with Crippen molar-refractivity contribution in [1.82, 2.24) is 30.1 Å². The van der Waals surface area contributed by atoms with Crippen molar-refractivity contribution in [2.45, 2.75) is 31.8 Å². The Kier molecular flexibility index (Phi) is 6.36. The number of pyridine rings is 1. The normalized spacial score (nSPS) is 18.1. The van der Waals surface area contributed by atoms with Gasteiger partial charge in [0.05, 0.1) is 0 Å². The Balaban J connectivity index is 1.26. The molecule has 3 heterocycles. The Hall–Kier alpha value is -2.93. The summed E-state index contributed by atoms with van der Waals surface area (Å²) in [7, 11) is 1.83. The fourth-order valence-corrected chi connectivity index (χ4v) is 3.90. The molecular weight excluding hydrogens is 362 g/mol. The van der Waals surface area contributed by atoms with Crippen LogP contribution in [-0.2, 0) is 13.0 Å². The molecule has 1 aliphatic rings. The Labute approximate surface area is 171 Å². The van der Waals surface area contributed by atoms with E-state index in [-0.39, 0.29) is 0 Å². The molecule has 7 nitrogen and oxygen atoms in total.